The van der Waals surface area contributed by atoms with Gasteiger partial charge in [0, 0.05) is 19.2 Å². The number of amides is 1. The van der Waals surface area contributed by atoms with Crippen LogP contribution in [0.2, 0.25) is 0 Å². The van der Waals surface area contributed by atoms with E-state index in [1.54, 1.807) is 6.92 Å². The molecule has 2 saturated heterocycles. The molecule has 2 aliphatic rings. The van der Waals surface area contributed by atoms with Gasteiger partial charge in [0.15, 0.2) is 0 Å². The minimum atomic E-state index is -0.512. The maximum atomic E-state index is 12.7. The highest BCUT2D eigenvalue weighted by molar-refractivity contribution is 5.95. The Morgan fingerprint density at radius 1 is 1.36 bits per heavy atom. The second-order valence-corrected chi connectivity index (χ2v) is 6.13. The minimum absolute atomic E-state index is 0.134. The van der Waals surface area contributed by atoms with E-state index in [9.17, 15) is 14.9 Å². The summed E-state index contributed by atoms with van der Waals surface area (Å²) in [6.07, 6.45) is 3.18. The fraction of sp³-hybridized carbons (Fsp3) is 0.600. The predicted octanol–water partition coefficient (Wildman–Crippen LogP) is 1.37. The van der Waals surface area contributed by atoms with Crippen LogP contribution >= 0.6 is 0 Å². The number of nitro groups is 1. The Bertz CT molecular complexity index is 590. The lowest BCUT2D eigenvalue weighted by Gasteiger charge is -2.21. The maximum Gasteiger partial charge on any atom is 0.288 e. The number of likely N-dealkylation sites (tertiary alicyclic amines) is 1. The average molecular weight is 304 g/mol. The Balaban J connectivity index is 1.79. The molecule has 0 saturated carbocycles. The highest BCUT2D eigenvalue weighted by atomic mass is 16.6. The van der Waals surface area contributed by atoms with Crippen LogP contribution in [0.15, 0.2) is 12.3 Å². The minimum Gasteiger partial charge on any atom is -0.339 e. The molecule has 2 fully saturated rings. The van der Waals surface area contributed by atoms with Gasteiger partial charge in [-0.3, -0.25) is 19.9 Å². The van der Waals surface area contributed by atoms with Crippen molar-refractivity contribution < 1.29 is 9.72 Å². The number of nitrogens with zero attached hydrogens (tertiary/aromatic N) is 3. The lowest BCUT2D eigenvalue weighted by atomic mass is 9.92. The molecule has 0 aliphatic carbocycles. The normalized spacial score (nSPS) is 24.7. The van der Waals surface area contributed by atoms with E-state index in [1.165, 1.54) is 12.3 Å². The Morgan fingerprint density at radius 3 is 2.59 bits per heavy atom. The standard InChI is InChI=1S/C15H20N4O3/c1-10-14(6-13(9-17-10)19(21)22)15(20)18-4-2-11-7-16-8-12(11)3-5-18/h6,9,11-12,16H,2-5,7-8H2,1H3/t11-,12+. The van der Waals surface area contributed by atoms with Gasteiger partial charge in [-0.05, 0) is 44.7 Å². The summed E-state index contributed by atoms with van der Waals surface area (Å²) in [7, 11) is 0. The summed E-state index contributed by atoms with van der Waals surface area (Å²) in [5.41, 5.74) is 0.755. The van der Waals surface area contributed by atoms with Crippen LogP contribution in [0.1, 0.15) is 28.9 Å². The van der Waals surface area contributed by atoms with Crippen molar-refractivity contribution in [3.05, 3.63) is 33.6 Å². The highest BCUT2D eigenvalue weighted by Crippen LogP contribution is 2.28. The first kappa shape index (κ1) is 14.9. The molecule has 1 aromatic heterocycles. The third kappa shape index (κ3) is 2.81. The molecule has 2 aliphatic heterocycles. The summed E-state index contributed by atoms with van der Waals surface area (Å²) in [5, 5.41) is 14.3. The summed E-state index contributed by atoms with van der Waals surface area (Å²) in [5.74, 6) is 1.14. The number of pyridine rings is 1. The molecule has 0 aromatic carbocycles. The number of fused-ring (bicyclic) bond motifs is 1. The van der Waals surface area contributed by atoms with Crippen LogP contribution in [-0.2, 0) is 0 Å². The zero-order valence-corrected chi connectivity index (χ0v) is 12.6. The Kier molecular flexibility index (Phi) is 4.06. The third-order valence-corrected chi connectivity index (χ3v) is 4.82. The van der Waals surface area contributed by atoms with Gasteiger partial charge in [-0.1, -0.05) is 0 Å². The van der Waals surface area contributed by atoms with Gasteiger partial charge in [-0.25, -0.2) is 0 Å². The van der Waals surface area contributed by atoms with Crippen LogP contribution in [0.25, 0.3) is 0 Å². The summed E-state index contributed by atoms with van der Waals surface area (Å²) < 4.78 is 0. The van der Waals surface area contributed by atoms with Crippen molar-refractivity contribution >= 4 is 11.6 Å². The van der Waals surface area contributed by atoms with E-state index in [0.29, 0.717) is 36.2 Å². The number of aromatic nitrogens is 1. The van der Waals surface area contributed by atoms with Crippen LogP contribution in [0, 0.1) is 28.9 Å². The Hall–Kier alpha value is -2.02. The van der Waals surface area contributed by atoms with Gasteiger partial charge in [0.1, 0.15) is 6.20 Å². The molecule has 0 unspecified atom stereocenters. The van der Waals surface area contributed by atoms with Gasteiger partial charge < -0.3 is 10.2 Å². The van der Waals surface area contributed by atoms with Crippen LogP contribution in [0.5, 0.6) is 0 Å². The van der Waals surface area contributed by atoms with Crippen molar-refractivity contribution in [2.75, 3.05) is 26.2 Å². The van der Waals surface area contributed by atoms with Crippen molar-refractivity contribution in [1.29, 1.82) is 0 Å². The lowest BCUT2D eigenvalue weighted by Crippen LogP contribution is -2.33. The molecule has 3 heterocycles. The molecule has 1 N–H and O–H groups in total. The average Bonchev–Trinajstić information content (AvgIpc) is 2.85. The van der Waals surface area contributed by atoms with Gasteiger partial charge in [-0.15, -0.1) is 0 Å². The molecule has 7 heteroatoms. The predicted molar refractivity (Wildman–Crippen MR) is 80.6 cm³/mol. The van der Waals surface area contributed by atoms with Crippen molar-refractivity contribution in [3.8, 4) is 0 Å². The fourth-order valence-electron chi connectivity index (χ4n) is 3.43. The van der Waals surface area contributed by atoms with E-state index in [0.717, 1.165) is 25.9 Å². The first-order chi connectivity index (χ1) is 10.6. The Morgan fingerprint density at radius 2 is 2.00 bits per heavy atom. The van der Waals surface area contributed by atoms with Crippen molar-refractivity contribution in [1.82, 2.24) is 15.2 Å². The number of rotatable bonds is 2. The monoisotopic (exact) mass is 304 g/mol. The number of hydrogen-bond donors (Lipinski definition) is 1. The van der Waals surface area contributed by atoms with Gasteiger partial charge in [0.25, 0.3) is 11.6 Å². The van der Waals surface area contributed by atoms with Crippen LogP contribution < -0.4 is 5.32 Å². The molecule has 3 rings (SSSR count). The van der Waals surface area contributed by atoms with E-state index in [4.69, 9.17) is 0 Å². The number of aryl methyl sites for hydroxylation is 1. The van der Waals surface area contributed by atoms with E-state index < -0.39 is 4.92 Å². The summed E-state index contributed by atoms with van der Waals surface area (Å²) in [6, 6.07) is 1.35. The van der Waals surface area contributed by atoms with Crippen LogP contribution in [0.3, 0.4) is 0 Å². The van der Waals surface area contributed by atoms with E-state index in [-0.39, 0.29) is 11.6 Å². The smallest absolute Gasteiger partial charge is 0.288 e. The molecule has 0 spiro atoms. The molecule has 0 radical (unpaired) electrons. The van der Waals surface area contributed by atoms with Crippen LogP contribution in [0.4, 0.5) is 5.69 Å². The first-order valence-corrected chi connectivity index (χ1v) is 7.67. The second-order valence-electron chi connectivity index (χ2n) is 6.13. The molecule has 22 heavy (non-hydrogen) atoms. The maximum absolute atomic E-state index is 12.7. The molecule has 0 bridgehead atoms. The van der Waals surface area contributed by atoms with Gasteiger partial charge in [0.05, 0.1) is 16.2 Å². The molecule has 7 nitrogen and oxygen atoms in total. The number of carbonyl (C=O) groups excluding carboxylic acids is 1. The lowest BCUT2D eigenvalue weighted by molar-refractivity contribution is -0.385. The molecule has 118 valence electrons. The fourth-order valence-corrected chi connectivity index (χ4v) is 3.43. The largest absolute Gasteiger partial charge is 0.339 e. The summed E-state index contributed by atoms with van der Waals surface area (Å²) in [6.45, 7) is 5.20. The highest BCUT2D eigenvalue weighted by Gasteiger charge is 2.32. The van der Waals surface area contributed by atoms with Crippen molar-refractivity contribution in [2.24, 2.45) is 11.8 Å². The molecule has 2 atom stereocenters. The summed E-state index contributed by atoms with van der Waals surface area (Å²) in [4.78, 5) is 28.9. The molecule has 1 amide bonds. The number of hydrogen-bond acceptors (Lipinski definition) is 5. The van der Waals surface area contributed by atoms with Gasteiger partial charge in [0.2, 0.25) is 0 Å². The molecular formula is C15H20N4O3. The van der Waals surface area contributed by atoms with E-state index in [2.05, 4.69) is 10.3 Å². The zero-order valence-electron chi connectivity index (χ0n) is 12.6. The van der Waals surface area contributed by atoms with Gasteiger partial charge in [-0.2, -0.15) is 0 Å². The first-order valence-electron chi connectivity index (χ1n) is 7.67. The van der Waals surface area contributed by atoms with Gasteiger partial charge >= 0.3 is 0 Å². The topological polar surface area (TPSA) is 88.4 Å². The molecular weight excluding hydrogens is 284 g/mol. The molecule has 1 aromatic rings. The van der Waals surface area contributed by atoms with Crippen LogP contribution in [-0.4, -0.2) is 46.9 Å². The quantitative estimate of drug-likeness (QED) is 0.658. The van der Waals surface area contributed by atoms with E-state index >= 15 is 0 Å². The van der Waals surface area contributed by atoms with Crippen molar-refractivity contribution in [3.63, 3.8) is 0 Å². The SMILES string of the molecule is Cc1ncc([N+](=O)[O-])cc1C(=O)N1CC[C@@H]2CNC[C@@H]2CC1. The van der Waals surface area contributed by atoms with E-state index in [1.807, 2.05) is 4.90 Å². The number of nitrogens with one attached hydrogen (secondary N) is 1. The number of carbonyl (C=O) groups is 1. The zero-order chi connectivity index (χ0) is 15.7. The van der Waals surface area contributed by atoms with Crippen molar-refractivity contribution in [2.45, 2.75) is 19.8 Å². The third-order valence-electron chi connectivity index (χ3n) is 4.82. The Labute approximate surface area is 128 Å². The summed E-state index contributed by atoms with van der Waals surface area (Å²) >= 11 is 0. The second kappa shape index (κ2) is 6.00.